The van der Waals surface area contributed by atoms with Gasteiger partial charge in [0, 0.05) is 17.7 Å². The number of benzene rings is 3. The number of amides is 1. The Hall–Kier alpha value is -3.24. The molecule has 0 aliphatic carbocycles. The molecule has 0 saturated heterocycles. The van der Waals surface area contributed by atoms with Gasteiger partial charge < -0.3 is 10.0 Å². The highest BCUT2D eigenvalue weighted by molar-refractivity contribution is 6.10. The lowest BCUT2D eigenvalue weighted by molar-refractivity contribution is -0.135. The fourth-order valence-electron chi connectivity index (χ4n) is 3.94. The lowest BCUT2D eigenvalue weighted by atomic mass is 9.88. The van der Waals surface area contributed by atoms with Crippen molar-refractivity contribution in [2.75, 3.05) is 11.4 Å². The second-order valence-corrected chi connectivity index (χ2v) is 7.39. The van der Waals surface area contributed by atoms with Gasteiger partial charge in [-0.3, -0.25) is 9.59 Å². The number of carbonyl (C=O) groups excluding carboxylic acids is 2. The summed E-state index contributed by atoms with van der Waals surface area (Å²) in [5.41, 5.74) is 1.08. The van der Waals surface area contributed by atoms with Crippen molar-refractivity contribution in [1.82, 2.24) is 0 Å². The Kier molecular flexibility index (Phi) is 5.28. The summed E-state index contributed by atoms with van der Waals surface area (Å²) in [7, 11) is 0. The van der Waals surface area contributed by atoms with Gasteiger partial charge >= 0.3 is 0 Å². The summed E-state index contributed by atoms with van der Waals surface area (Å²) in [6.07, 6.45) is 1.35. The number of aliphatic hydroxyl groups is 1. The van der Waals surface area contributed by atoms with Crippen molar-refractivity contribution >= 4 is 17.4 Å². The van der Waals surface area contributed by atoms with Crippen LogP contribution in [0.3, 0.4) is 0 Å². The van der Waals surface area contributed by atoms with E-state index in [1.165, 1.54) is 5.56 Å². The molecule has 4 nitrogen and oxygen atoms in total. The molecular formula is C25H23NO3. The van der Waals surface area contributed by atoms with Gasteiger partial charge in [-0.15, -0.1) is 0 Å². The summed E-state index contributed by atoms with van der Waals surface area (Å²) in [4.78, 5) is 27.6. The molecule has 3 aromatic rings. The van der Waals surface area contributed by atoms with E-state index in [9.17, 15) is 14.7 Å². The second kappa shape index (κ2) is 8.02. The predicted octanol–water partition coefficient (Wildman–Crippen LogP) is 4.13. The van der Waals surface area contributed by atoms with E-state index in [0.717, 1.165) is 12.8 Å². The average Bonchev–Trinajstić information content (AvgIpc) is 2.97. The minimum absolute atomic E-state index is 0.248. The van der Waals surface area contributed by atoms with E-state index >= 15 is 0 Å². The van der Waals surface area contributed by atoms with Gasteiger partial charge in [0.1, 0.15) is 0 Å². The summed E-state index contributed by atoms with van der Waals surface area (Å²) in [5, 5.41) is 11.3. The fourth-order valence-corrected chi connectivity index (χ4v) is 3.94. The molecule has 0 aromatic heterocycles. The molecule has 1 atom stereocenters. The topological polar surface area (TPSA) is 57.6 Å². The number of anilines is 1. The van der Waals surface area contributed by atoms with Gasteiger partial charge in [-0.25, -0.2) is 0 Å². The van der Waals surface area contributed by atoms with E-state index in [0.29, 0.717) is 23.4 Å². The Labute approximate surface area is 170 Å². The second-order valence-electron chi connectivity index (χ2n) is 7.39. The van der Waals surface area contributed by atoms with Gasteiger partial charge in [0.05, 0.1) is 12.1 Å². The molecule has 146 valence electrons. The van der Waals surface area contributed by atoms with Crippen LogP contribution in [0.15, 0.2) is 84.9 Å². The van der Waals surface area contributed by atoms with Crippen LogP contribution in [0.2, 0.25) is 0 Å². The largest absolute Gasteiger partial charge is 0.375 e. The van der Waals surface area contributed by atoms with Crippen LogP contribution >= 0.6 is 0 Å². The van der Waals surface area contributed by atoms with Crippen molar-refractivity contribution in [3.63, 3.8) is 0 Å². The molecule has 0 fully saturated rings. The minimum atomic E-state index is -1.82. The first-order chi connectivity index (χ1) is 14.1. The van der Waals surface area contributed by atoms with Crippen LogP contribution in [-0.4, -0.2) is 23.3 Å². The smallest absolute Gasteiger partial charge is 0.264 e. The van der Waals surface area contributed by atoms with Crippen LogP contribution in [0.4, 0.5) is 5.69 Å². The van der Waals surface area contributed by atoms with Crippen molar-refractivity contribution in [2.45, 2.75) is 24.9 Å². The number of ketones is 1. The Bertz CT molecular complexity index is 1020. The number of hydrogen-bond donors (Lipinski definition) is 1. The molecule has 29 heavy (non-hydrogen) atoms. The molecular weight excluding hydrogens is 362 g/mol. The standard InChI is InChI=1S/C25H23NO3/c27-23(20-13-5-2-6-14-20)18-25(29)21-15-7-8-16-22(21)26(24(25)28)17-9-12-19-10-3-1-4-11-19/h1-8,10-11,13-16,29H,9,12,17-18H2. The molecule has 0 bridgehead atoms. The van der Waals surface area contributed by atoms with Crippen molar-refractivity contribution in [3.8, 4) is 0 Å². The molecule has 1 aliphatic heterocycles. The SMILES string of the molecule is O=C(CC1(O)C(=O)N(CCCc2ccccc2)c2ccccc21)c1ccccc1. The van der Waals surface area contributed by atoms with Gasteiger partial charge in [0.15, 0.2) is 11.4 Å². The van der Waals surface area contributed by atoms with E-state index in [-0.39, 0.29) is 12.2 Å². The molecule has 4 rings (SSSR count). The van der Waals surface area contributed by atoms with Crippen LogP contribution in [0.25, 0.3) is 0 Å². The first-order valence-corrected chi connectivity index (χ1v) is 9.85. The number of aryl methyl sites for hydroxylation is 1. The van der Waals surface area contributed by atoms with Crippen LogP contribution in [0.5, 0.6) is 0 Å². The monoisotopic (exact) mass is 385 g/mol. The first-order valence-electron chi connectivity index (χ1n) is 9.85. The highest BCUT2D eigenvalue weighted by atomic mass is 16.3. The molecule has 1 heterocycles. The molecule has 0 radical (unpaired) electrons. The Morgan fingerprint density at radius 3 is 2.21 bits per heavy atom. The van der Waals surface area contributed by atoms with E-state index < -0.39 is 11.5 Å². The number of rotatable bonds is 7. The van der Waals surface area contributed by atoms with Gasteiger partial charge in [-0.2, -0.15) is 0 Å². The molecule has 0 spiro atoms. The molecule has 1 unspecified atom stereocenters. The van der Waals surface area contributed by atoms with Gasteiger partial charge in [-0.05, 0) is 24.5 Å². The third kappa shape index (κ3) is 3.71. The summed E-state index contributed by atoms with van der Waals surface area (Å²) in [6, 6.07) is 26.1. The zero-order valence-corrected chi connectivity index (χ0v) is 16.1. The Morgan fingerprint density at radius 2 is 1.48 bits per heavy atom. The number of fused-ring (bicyclic) bond motifs is 1. The number of hydrogen-bond acceptors (Lipinski definition) is 3. The maximum absolute atomic E-state index is 13.2. The molecule has 1 amide bonds. The molecule has 1 N–H and O–H groups in total. The van der Waals surface area contributed by atoms with Crippen molar-refractivity contribution in [2.24, 2.45) is 0 Å². The fraction of sp³-hybridized carbons (Fsp3) is 0.200. The Morgan fingerprint density at radius 1 is 0.862 bits per heavy atom. The third-order valence-electron chi connectivity index (χ3n) is 5.44. The zero-order valence-electron chi connectivity index (χ0n) is 16.1. The Balaban J connectivity index is 1.54. The molecule has 4 heteroatoms. The van der Waals surface area contributed by atoms with Crippen molar-refractivity contribution < 1.29 is 14.7 Å². The third-order valence-corrected chi connectivity index (χ3v) is 5.44. The lowest BCUT2D eigenvalue weighted by Crippen LogP contribution is -2.42. The first kappa shape index (κ1) is 19.1. The molecule has 3 aromatic carbocycles. The van der Waals surface area contributed by atoms with Crippen LogP contribution in [0.1, 0.15) is 34.3 Å². The quantitative estimate of drug-likeness (QED) is 0.622. The van der Waals surface area contributed by atoms with E-state index in [1.807, 2.05) is 36.4 Å². The van der Waals surface area contributed by atoms with Crippen LogP contribution in [-0.2, 0) is 16.8 Å². The lowest BCUT2D eigenvalue weighted by Gasteiger charge is -2.23. The summed E-state index contributed by atoms with van der Waals surface area (Å²) in [5.74, 6) is -0.668. The van der Waals surface area contributed by atoms with Gasteiger partial charge in [0.25, 0.3) is 5.91 Å². The average molecular weight is 385 g/mol. The summed E-state index contributed by atoms with van der Waals surface area (Å²) >= 11 is 0. The number of carbonyl (C=O) groups is 2. The summed E-state index contributed by atoms with van der Waals surface area (Å²) < 4.78 is 0. The van der Waals surface area contributed by atoms with E-state index in [2.05, 4.69) is 12.1 Å². The normalized spacial score (nSPS) is 18.0. The van der Waals surface area contributed by atoms with Crippen LogP contribution in [0, 0.1) is 0 Å². The molecule has 0 saturated carbocycles. The molecule has 1 aliphatic rings. The van der Waals surface area contributed by atoms with E-state index in [4.69, 9.17) is 0 Å². The van der Waals surface area contributed by atoms with Crippen molar-refractivity contribution in [3.05, 3.63) is 102 Å². The maximum Gasteiger partial charge on any atom is 0.264 e. The maximum atomic E-state index is 13.2. The number of para-hydroxylation sites is 1. The number of nitrogens with zero attached hydrogens (tertiary/aromatic N) is 1. The van der Waals surface area contributed by atoms with Gasteiger partial charge in [0.2, 0.25) is 0 Å². The minimum Gasteiger partial charge on any atom is -0.375 e. The van der Waals surface area contributed by atoms with Crippen LogP contribution < -0.4 is 4.90 Å². The van der Waals surface area contributed by atoms with Gasteiger partial charge in [-0.1, -0.05) is 78.9 Å². The highest BCUT2D eigenvalue weighted by Gasteiger charge is 2.50. The number of Topliss-reactive ketones (excluding diaryl/α,β-unsaturated/α-hetero) is 1. The highest BCUT2D eigenvalue weighted by Crippen LogP contribution is 2.42. The predicted molar refractivity (Wildman–Crippen MR) is 113 cm³/mol. The zero-order chi connectivity index (χ0) is 20.3. The summed E-state index contributed by atoms with van der Waals surface area (Å²) in [6.45, 7) is 0.493. The van der Waals surface area contributed by atoms with E-state index in [1.54, 1.807) is 41.3 Å². The van der Waals surface area contributed by atoms with Crippen molar-refractivity contribution in [1.29, 1.82) is 0 Å².